The lowest BCUT2D eigenvalue weighted by Crippen LogP contribution is -2.33. The number of nitrogens with zero attached hydrogens (tertiary/aromatic N) is 2. The Hall–Kier alpha value is -3.41. The molecule has 0 aliphatic carbocycles. The van der Waals surface area contributed by atoms with E-state index in [-0.39, 0.29) is 12.8 Å². The molecule has 7 heteroatoms. The van der Waals surface area contributed by atoms with Crippen molar-refractivity contribution in [3.8, 4) is 17.2 Å². The third kappa shape index (κ3) is 3.11. The molecule has 0 saturated heterocycles. The second-order valence-electron chi connectivity index (χ2n) is 8.60. The van der Waals surface area contributed by atoms with E-state index in [2.05, 4.69) is 36.4 Å². The molecule has 4 aromatic rings. The monoisotopic (exact) mass is 488 g/mol. The first-order chi connectivity index (χ1) is 16.6. The first-order valence-electron chi connectivity index (χ1n) is 11.0. The third-order valence-corrected chi connectivity index (χ3v) is 7.07. The van der Waals surface area contributed by atoms with Crippen molar-refractivity contribution >= 4 is 39.7 Å². The highest BCUT2D eigenvalue weighted by Gasteiger charge is 2.42. The van der Waals surface area contributed by atoms with Crippen molar-refractivity contribution in [2.75, 3.05) is 6.79 Å². The SMILES string of the molecule is Clc1cc(Cl)c2c(c1)[C@H]1CC(c3ccc4ccccc4c3)=NN1[C@@H](c1ccc3c(c1)OCO3)O2. The molecule has 0 saturated carbocycles. The highest BCUT2D eigenvalue weighted by Crippen LogP contribution is 2.51. The van der Waals surface area contributed by atoms with Gasteiger partial charge in [-0.3, -0.25) is 0 Å². The minimum absolute atomic E-state index is 0.0585. The molecule has 34 heavy (non-hydrogen) atoms. The van der Waals surface area contributed by atoms with Crippen molar-refractivity contribution in [2.24, 2.45) is 5.10 Å². The number of ether oxygens (including phenoxy) is 3. The summed E-state index contributed by atoms with van der Waals surface area (Å²) in [5.41, 5.74) is 3.93. The summed E-state index contributed by atoms with van der Waals surface area (Å²) in [6.07, 6.45) is 0.246. The molecule has 3 aliphatic rings. The molecular weight excluding hydrogens is 471 g/mol. The van der Waals surface area contributed by atoms with Crippen LogP contribution in [0.2, 0.25) is 10.0 Å². The Balaban J connectivity index is 1.35. The van der Waals surface area contributed by atoms with Crippen LogP contribution in [-0.2, 0) is 0 Å². The highest BCUT2D eigenvalue weighted by molar-refractivity contribution is 6.35. The number of benzene rings is 4. The lowest BCUT2D eigenvalue weighted by Gasteiger charge is -2.38. The molecule has 0 amide bonds. The Labute approximate surface area is 206 Å². The summed E-state index contributed by atoms with van der Waals surface area (Å²) >= 11 is 13.0. The van der Waals surface area contributed by atoms with Crippen LogP contribution in [0, 0.1) is 0 Å². The molecule has 0 N–H and O–H groups in total. The van der Waals surface area contributed by atoms with E-state index < -0.39 is 6.23 Å². The smallest absolute Gasteiger partial charge is 0.231 e. The standard InChI is InChI=1S/C27H18Cl2N2O3/c28-19-11-20-23-13-22(17-6-5-15-3-1-2-4-16(15)9-17)30-31(23)27(34-26(20)21(29)12-19)18-7-8-24-25(10-18)33-14-32-24/h1-12,23,27H,13-14H2/t23-,27-/m1/s1. The Morgan fingerprint density at radius 1 is 0.853 bits per heavy atom. The van der Waals surface area contributed by atoms with E-state index in [1.54, 1.807) is 6.07 Å². The molecule has 0 spiro atoms. The summed E-state index contributed by atoms with van der Waals surface area (Å²) in [6.45, 7) is 0.216. The van der Waals surface area contributed by atoms with Crippen LogP contribution in [0.1, 0.15) is 35.4 Å². The number of hydrogen-bond acceptors (Lipinski definition) is 5. The van der Waals surface area contributed by atoms with E-state index in [0.717, 1.165) is 28.2 Å². The van der Waals surface area contributed by atoms with Crippen molar-refractivity contribution in [2.45, 2.75) is 18.7 Å². The minimum atomic E-state index is -0.469. The predicted molar refractivity (Wildman–Crippen MR) is 132 cm³/mol. The van der Waals surface area contributed by atoms with Gasteiger partial charge in [0, 0.05) is 22.6 Å². The Bertz CT molecular complexity index is 1500. The van der Waals surface area contributed by atoms with Gasteiger partial charge in [0.2, 0.25) is 13.0 Å². The Kier molecular flexibility index (Phi) is 4.44. The van der Waals surface area contributed by atoms with Gasteiger partial charge in [-0.15, -0.1) is 0 Å². The summed E-state index contributed by atoms with van der Waals surface area (Å²) in [6, 6.07) is 24.2. The van der Waals surface area contributed by atoms with Gasteiger partial charge in [0.1, 0.15) is 5.75 Å². The first-order valence-corrected chi connectivity index (χ1v) is 11.8. The van der Waals surface area contributed by atoms with E-state index >= 15 is 0 Å². The predicted octanol–water partition coefficient (Wildman–Crippen LogP) is 7.12. The molecule has 5 nitrogen and oxygen atoms in total. The molecule has 0 unspecified atom stereocenters. The molecule has 0 aromatic heterocycles. The average molecular weight is 489 g/mol. The van der Waals surface area contributed by atoms with Crippen LogP contribution in [0.5, 0.6) is 17.2 Å². The Morgan fingerprint density at radius 3 is 2.62 bits per heavy atom. The van der Waals surface area contributed by atoms with Crippen molar-refractivity contribution in [3.63, 3.8) is 0 Å². The average Bonchev–Trinajstić information content (AvgIpc) is 3.50. The summed E-state index contributed by atoms with van der Waals surface area (Å²) in [5.74, 6) is 2.07. The number of rotatable bonds is 2. The Morgan fingerprint density at radius 2 is 1.71 bits per heavy atom. The number of hydrazone groups is 1. The number of fused-ring (bicyclic) bond motifs is 5. The first kappa shape index (κ1) is 20.0. The zero-order chi connectivity index (χ0) is 22.8. The van der Waals surface area contributed by atoms with Crippen LogP contribution < -0.4 is 14.2 Å². The van der Waals surface area contributed by atoms with E-state index in [9.17, 15) is 0 Å². The second kappa shape index (κ2) is 7.55. The van der Waals surface area contributed by atoms with Gasteiger partial charge in [-0.1, -0.05) is 59.6 Å². The van der Waals surface area contributed by atoms with Gasteiger partial charge in [0.15, 0.2) is 11.5 Å². The van der Waals surface area contributed by atoms with E-state index in [1.165, 1.54) is 10.8 Å². The van der Waals surface area contributed by atoms with Crippen LogP contribution >= 0.6 is 23.2 Å². The van der Waals surface area contributed by atoms with Gasteiger partial charge in [0.25, 0.3) is 0 Å². The molecule has 0 bridgehead atoms. The van der Waals surface area contributed by atoms with Crippen molar-refractivity contribution in [1.82, 2.24) is 5.01 Å². The fourth-order valence-electron chi connectivity index (χ4n) is 4.94. The van der Waals surface area contributed by atoms with Crippen molar-refractivity contribution < 1.29 is 14.2 Å². The maximum absolute atomic E-state index is 6.59. The van der Waals surface area contributed by atoms with Gasteiger partial charge >= 0.3 is 0 Å². The van der Waals surface area contributed by atoms with Crippen LogP contribution in [0.15, 0.2) is 77.9 Å². The summed E-state index contributed by atoms with van der Waals surface area (Å²) < 4.78 is 17.6. The maximum atomic E-state index is 6.59. The number of halogens is 2. The molecule has 3 heterocycles. The van der Waals surface area contributed by atoms with Gasteiger partial charge in [0.05, 0.1) is 16.8 Å². The largest absolute Gasteiger partial charge is 0.463 e. The molecule has 0 fully saturated rings. The van der Waals surface area contributed by atoms with Gasteiger partial charge in [-0.2, -0.15) is 5.10 Å². The summed E-state index contributed by atoms with van der Waals surface area (Å²) in [4.78, 5) is 0. The quantitative estimate of drug-likeness (QED) is 0.301. The lowest BCUT2D eigenvalue weighted by molar-refractivity contribution is -0.0190. The number of hydrogen-bond donors (Lipinski definition) is 0. The normalized spacial score (nSPS) is 20.1. The molecule has 4 aromatic carbocycles. The van der Waals surface area contributed by atoms with E-state index in [0.29, 0.717) is 28.0 Å². The summed E-state index contributed by atoms with van der Waals surface area (Å²) in [5, 5.41) is 10.5. The van der Waals surface area contributed by atoms with Gasteiger partial charge < -0.3 is 14.2 Å². The minimum Gasteiger partial charge on any atom is -0.463 e. The maximum Gasteiger partial charge on any atom is 0.231 e. The fourth-order valence-corrected chi connectivity index (χ4v) is 5.50. The van der Waals surface area contributed by atoms with E-state index in [4.69, 9.17) is 42.5 Å². The molecule has 3 aliphatic heterocycles. The van der Waals surface area contributed by atoms with Crippen molar-refractivity contribution in [3.05, 3.63) is 99.5 Å². The molecule has 7 rings (SSSR count). The molecule has 0 radical (unpaired) electrons. The topological polar surface area (TPSA) is 43.3 Å². The van der Waals surface area contributed by atoms with Crippen LogP contribution in [0.4, 0.5) is 0 Å². The van der Waals surface area contributed by atoms with Crippen LogP contribution in [-0.4, -0.2) is 17.5 Å². The highest BCUT2D eigenvalue weighted by atomic mass is 35.5. The molecule has 2 atom stereocenters. The van der Waals surface area contributed by atoms with Gasteiger partial charge in [-0.05, 0) is 52.7 Å². The van der Waals surface area contributed by atoms with Crippen molar-refractivity contribution in [1.29, 1.82) is 0 Å². The zero-order valence-electron chi connectivity index (χ0n) is 17.9. The third-order valence-electron chi connectivity index (χ3n) is 6.57. The zero-order valence-corrected chi connectivity index (χ0v) is 19.4. The second-order valence-corrected chi connectivity index (χ2v) is 9.44. The summed E-state index contributed by atoms with van der Waals surface area (Å²) in [7, 11) is 0. The van der Waals surface area contributed by atoms with Crippen LogP contribution in [0.25, 0.3) is 10.8 Å². The van der Waals surface area contributed by atoms with E-state index in [1.807, 2.05) is 35.3 Å². The molecule has 168 valence electrons. The van der Waals surface area contributed by atoms with Crippen LogP contribution in [0.3, 0.4) is 0 Å². The lowest BCUT2D eigenvalue weighted by atomic mass is 9.95. The van der Waals surface area contributed by atoms with Gasteiger partial charge in [-0.25, -0.2) is 5.01 Å². The fraction of sp³-hybridized carbons (Fsp3) is 0.148. The molecular formula is C27H18Cl2N2O3.